The molecule has 0 bridgehead atoms. The minimum absolute atomic E-state index is 1.16. The average molecular weight is 535 g/mol. The van der Waals surface area contributed by atoms with Crippen LogP contribution in [-0.4, -0.2) is 9.13 Å². The number of nitrogens with zero attached hydrogens (tertiary/aromatic N) is 2. The summed E-state index contributed by atoms with van der Waals surface area (Å²) in [5.41, 5.74) is 9.65. The molecule has 0 atom stereocenters. The topological polar surface area (TPSA) is 9.86 Å². The third kappa shape index (κ3) is 3.33. The first-order valence-electron chi connectivity index (χ1n) is 14.5. The Bertz CT molecular complexity index is 2440. The van der Waals surface area contributed by atoms with Crippen molar-refractivity contribution in [1.82, 2.24) is 9.13 Å². The van der Waals surface area contributed by atoms with Gasteiger partial charge in [-0.2, -0.15) is 0 Å². The lowest BCUT2D eigenvalue weighted by atomic mass is 10.0. The van der Waals surface area contributed by atoms with Crippen molar-refractivity contribution >= 4 is 54.4 Å². The lowest BCUT2D eigenvalue weighted by molar-refractivity contribution is 1.17. The van der Waals surface area contributed by atoms with Gasteiger partial charge in [0, 0.05) is 38.3 Å². The number of hydrogen-bond acceptors (Lipinski definition) is 0. The molecule has 0 spiro atoms. The second kappa shape index (κ2) is 8.95. The smallest absolute Gasteiger partial charge is 0.0619 e. The number of aromatic nitrogens is 2. The van der Waals surface area contributed by atoms with E-state index in [1.54, 1.807) is 0 Å². The minimum Gasteiger partial charge on any atom is -0.309 e. The molecule has 9 rings (SSSR count). The van der Waals surface area contributed by atoms with Crippen LogP contribution in [0, 0.1) is 0 Å². The largest absolute Gasteiger partial charge is 0.309 e. The highest BCUT2D eigenvalue weighted by Crippen LogP contribution is 2.41. The van der Waals surface area contributed by atoms with Gasteiger partial charge in [0.2, 0.25) is 0 Å². The first kappa shape index (κ1) is 23.1. The second-order valence-electron chi connectivity index (χ2n) is 11.0. The van der Waals surface area contributed by atoms with Crippen molar-refractivity contribution in [3.8, 4) is 22.5 Å². The molecule has 0 saturated heterocycles. The van der Waals surface area contributed by atoms with Crippen LogP contribution in [0.25, 0.3) is 76.9 Å². The highest BCUT2D eigenvalue weighted by molar-refractivity contribution is 6.23. The average Bonchev–Trinajstić information content (AvgIpc) is 3.57. The SMILES string of the molecule is c1ccc(-c2cccc(-n3c4cc5c(cc4c4ccc6ccccc6c43)c3ccccc3n5-c3ccccc3)c2)cc1. The Morgan fingerprint density at radius 3 is 1.81 bits per heavy atom. The Hall–Kier alpha value is -5.60. The van der Waals surface area contributed by atoms with E-state index in [0.29, 0.717) is 0 Å². The van der Waals surface area contributed by atoms with Gasteiger partial charge in [-0.05, 0) is 59.0 Å². The molecule has 2 heterocycles. The van der Waals surface area contributed by atoms with Crippen LogP contribution >= 0.6 is 0 Å². The molecule has 0 aliphatic rings. The summed E-state index contributed by atoms with van der Waals surface area (Å²) in [6.45, 7) is 0. The van der Waals surface area contributed by atoms with Gasteiger partial charge in [-0.3, -0.25) is 0 Å². The van der Waals surface area contributed by atoms with Gasteiger partial charge < -0.3 is 9.13 Å². The zero-order valence-electron chi connectivity index (χ0n) is 22.9. The number of hydrogen-bond donors (Lipinski definition) is 0. The standard InChI is InChI=1S/C40H26N2/c1-3-12-27(13-4-1)29-15-11-18-31(24-29)42-39-26-38-35(25-36(39)34-23-22-28-14-7-8-19-32(28)40(34)42)33-20-9-10-21-37(33)41(38)30-16-5-2-6-17-30/h1-26H. The summed E-state index contributed by atoms with van der Waals surface area (Å²) in [5, 5.41) is 7.59. The van der Waals surface area contributed by atoms with Gasteiger partial charge >= 0.3 is 0 Å². The summed E-state index contributed by atoms with van der Waals surface area (Å²) < 4.78 is 4.89. The maximum absolute atomic E-state index is 2.48. The summed E-state index contributed by atoms with van der Waals surface area (Å²) in [5.74, 6) is 0. The maximum Gasteiger partial charge on any atom is 0.0619 e. The van der Waals surface area contributed by atoms with Gasteiger partial charge in [-0.25, -0.2) is 0 Å². The van der Waals surface area contributed by atoms with E-state index in [4.69, 9.17) is 0 Å². The van der Waals surface area contributed by atoms with E-state index in [1.807, 2.05) is 0 Å². The summed E-state index contributed by atoms with van der Waals surface area (Å²) in [6, 6.07) is 57.2. The molecule has 2 heteroatoms. The summed E-state index contributed by atoms with van der Waals surface area (Å²) in [6.07, 6.45) is 0. The first-order chi connectivity index (χ1) is 20.8. The number of para-hydroxylation sites is 2. The summed E-state index contributed by atoms with van der Waals surface area (Å²) in [4.78, 5) is 0. The van der Waals surface area contributed by atoms with E-state index < -0.39 is 0 Å². The predicted octanol–water partition coefficient (Wildman–Crippen LogP) is 10.7. The molecular formula is C40H26N2. The van der Waals surface area contributed by atoms with Crippen LogP contribution in [0.2, 0.25) is 0 Å². The summed E-state index contributed by atoms with van der Waals surface area (Å²) >= 11 is 0. The van der Waals surface area contributed by atoms with Crippen LogP contribution in [0.15, 0.2) is 158 Å². The fourth-order valence-electron chi connectivity index (χ4n) is 6.82. The van der Waals surface area contributed by atoms with E-state index in [2.05, 4.69) is 167 Å². The fraction of sp³-hybridized carbons (Fsp3) is 0. The second-order valence-corrected chi connectivity index (χ2v) is 11.0. The van der Waals surface area contributed by atoms with Crippen molar-refractivity contribution in [2.24, 2.45) is 0 Å². The number of rotatable bonds is 3. The molecule has 2 nitrogen and oxygen atoms in total. The fourth-order valence-corrected chi connectivity index (χ4v) is 6.82. The van der Waals surface area contributed by atoms with Gasteiger partial charge in [0.05, 0.1) is 22.1 Å². The van der Waals surface area contributed by atoms with Crippen LogP contribution < -0.4 is 0 Å². The Labute approximate surface area is 243 Å². The van der Waals surface area contributed by atoms with Crippen molar-refractivity contribution in [2.45, 2.75) is 0 Å². The van der Waals surface area contributed by atoms with Crippen molar-refractivity contribution < 1.29 is 0 Å². The Kier molecular flexibility index (Phi) is 4.93. The van der Waals surface area contributed by atoms with Crippen molar-refractivity contribution in [3.05, 3.63) is 158 Å². The third-order valence-corrected chi connectivity index (χ3v) is 8.67. The lowest BCUT2D eigenvalue weighted by Gasteiger charge is -2.12. The minimum atomic E-state index is 1.16. The molecule has 0 saturated carbocycles. The Morgan fingerprint density at radius 1 is 0.310 bits per heavy atom. The van der Waals surface area contributed by atoms with Gasteiger partial charge in [0.25, 0.3) is 0 Å². The van der Waals surface area contributed by atoms with Crippen molar-refractivity contribution in [3.63, 3.8) is 0 Å². The van der Waals surface area contributed by atoms with Crippen LogP contribution in [-0.2, 0) is 0 Å². The van der Waals surface area contributed by atoms with Gasteiger partial charge in [0.15, 0.2) is 0 Å². The van der Waals surface area contributed by atoms with Gasteiger partial charge in [0.1, 0.15) is 0 Å². The van der Waals surface area contributed by atoms with Crippen LogP contribution in [0.5, 0.6) is 0 Å². The molecule has 0 fully saturated rings. The zero-order valence-corrected chi connectivity index (χ0v) is 22.9. The number of fused-ring (bicyclic) bond motifs is 8. The molecule has 2 aromatic heterocycles. The molecule has 0 unspecified atom stereocenters. The number of benzene rings is 7. The Balaban J connectivity index is 1.46. The van der Waals surface area contributed by atoms with E-state index in [1.165, 1.54) is 71.2 Å². The molecule has 42 heavy (non-hydrogen) atoms. The quantitative estimate of drug-likeness (QED) is 0.213. The maximum atomic E-state index is 2.48. The molecule has 196 valence electrons. The van der Waals surface area contributed by atoms with E-state index in [-0.39, 0.29) is 0 Å². The van der Waals surface area contributed by atoms with E-state index in [0.717, 1.165) is 5.69 Å². The molecule has 0 aliphatic carbocycles. The lowest BCUT2D eigenvalue weighted by Crippen LogP contribution is -1.96. The Morgan fingerprint density at radius 2 is 0.952 bits per heavy atom. The van der Waals surface area contributed by atoms with Crippen LogP contribution in [0.1, 0.15) is 0 Å². The third-order valence-electron chi connectivity index (χ3n) is 8.67. The van der Waals surface area contributed by atoms with Crippen LogP contribution in [0.3, 0.4) is 0 Å². The van der Waals surface area contributed by atoms with Gasteiger partial charge in [-0.1, -0.05) is 115 Å². The predicted molar refractivity (Wildman–Crippen MR) is 178 cm³/mol. The highest BCUT2D eigenvalue weighted by atomic mass is 15.0. The normalized spacial score (nSPS) is 11.8. The zero-order chi connectivity index (χ0) is 27.6. The molecular weight excluding hydrogens is 508 g/mol. The molecule has 9 aromatic rings. The molecule has 0 radical (unpaired) electrons. The van der Waals surface area contributed by atoms with E-state index in [9.17, 15) is 0 Å². The van der Waals surface area contributed by atoms with E-state index >= 15 is 0 Å². The van der Waals surface area contributed by atoms with Crippen molar-refractivity contribution in [2.75, 3.05) is 0 Å². The van der Waals surface area contributed by atoms with Crippen molar-refractivity contribution in [1.29, 1.82) is 0 Å². The van der Waals surface area contributed by atoms with Crippen LogP contribution in [0.4, 0.5) is 0 Å². The molecule has 0 amide bonds. The van der Waals surface area contributed by atoms with Gasteiger partial charge in [-0.15, -0.1) is 0 Å². The highest BCUT2D eigenvalue weighted by Gasteiger charge is 2.20. The molecule has 0 N–H and O–H groups in total. The monoisotopic (exact) mass is 534 g/mol. The summed E-state index contributed by atoms with van der Waals surface area (Å²) in [7, 11) is 0. The molecule has 0 aliphatic heterocycles. The molecule has 7 aromatic carbocycles. The first-order valence-corrected chi connectivity index (χ1v) is 14.5.